The van der Waals surface area contributed by atoms with Crippen LogP contribution in [-0.4, -0.2) is 45.2 Å². The van der Waals surface area contributed by atoms with Gasteiger partial charge in [0.05, 0.1) is 11.6 Å². The van der Waals surface area contributed by atoms with E-state index in [4.69, 9.17) is 4.74 Å². The van der Waals surface area contributed by atoms with Gasteiger partial charge in [-0.05, 0) is 24.6 Å². The lowest BCUT2D eigenvalue weighted by Crippen LogP contribution is -2.52. The molecule has 1 aliphatic carbocycles. The highest BCUT2D eigenvalue weighted by Gasteiger charge is 2.64. The zero-order valence-electron chi connectivity index (χ0n) is 16.5. The van der Waals surface area contributed by atoms with Gasteiger partial charge in [0.2, 0.25) is 17.7 Å². The average molecular weight is 431 g/mol. The van der Waals surface area contributed by atoms with Gasteiger partial charge in [-0.2, -0.15) is 0 Å². The third-order valence-corrected chi connectivity index (χ3v) is 5.19. The molecule has 0 aromatic carbocycles. The lowest BCUT2D eigenvalue weighted by molar-refractivity contribution is -0.176. The molecule has 2 fully saturated rings. The minimum Gasteiger partial charge on any atom is -0.456 e. The van der Waals surface area contributed by atoms with Crippen molar-refractivity contribution in [1.29, 1.82) is 0 Å². The number of alkyl halides is 2. The molecule has 2 N–H and O–H groups in total. The van der Waals surface area contributed by atoms with Crippen LogP contribution in [0, 0.1) is 5.41 Å². The molecule has 0 unspecified atom stereocenters. The van der Waals surface area contributed by atoms with E-state index in [1.165, 1.54) is 31.5 Å². The maximum Gasteiger partial charge on any atom is 0.329 e. The number of urea groups is 1. The zero-order chi connectivity index (χ0) is 22.2. The van der Waals surface area contributed by atoms with Crippen molar-refractivity contribution in [3.63, 3.8) is 0 Å². The highest BCUT2D eigenvalue weighted by molar-refractivity contribution is 6.04. The second kappa shape index (κ2) is 7.56. The van der Waals surface area contributed by atoms with E-state index in [1.54, 1.807) is 12.1 Å². The largest absolute Gasteiger partial charge is 0.456 e. The van der Waals surface area contributed by atoms with Crippen molar-refractivity contribution >= 4 is 29.5 Å². The van der Waals surface area contributed by atoms with Crippen molar-refractivity contribution in [1.82, 2.24) is 14.9 Å². The highest BCUT2D eigenvalue weighted by atomic mass is 19.3. The molecule has 1 aliphatic heterocycles. The number of anilines is 2. The smallest absolute Gasteiger partial charge is 0.329 e. The molecule has 3 heterocycles. The van der Waals surface area contributed by atoms with Crippen LogP contribution in [0.15, 0.2) is 36.7 Å². The number of amides is 4. The van der Waals surface area contributed by atoms with E-state index >= 15 is 0 Å². The summed E-state index contributed by atoms with van der Waals surface area (Å²) in [6.07, 6.45) is 2.06. The lowest BCUT2D eigenvalue weighted by atomic mass is 9.65. The topological polar surface area (TPSA) is 114 Å². The first-order valence-corrected chi connectivity index (χ1v) is 9.54. The molecule has 2 aromatic heterocycles. The summed E-state index contributed by atoms with van der Waals surface area (Å²) in [4.78, 5) is 45.0. The van der Waals surface area contributed by atoms with E-state index in [1.807, 2.05) is 0 Å². The second-order valence-electron chi connectivity index (χ2n) is 7.67. The molecule has 1 saturated carbocycles. The molecule has 9 nitrogen and oxygen atoms in total. The summed E-state index contributed by atoms with van der Waals surface area (Å²) in [6, 6.07) is 5.47. The number of carbonyl (C=O) groups excluding carboxylic acids is 3. The molecule has 4 amide bonds. The normalized spacial score (nSPS) is 18.4. The number of ether oxygens (including phenoxy) is 1. The van der Waals surface area contributed by atoms with Gasteiger partial charge in [0.15, 0.2) is 0 Å². The fourth-order valence-electron chi connectivity index (χ4n) is 3.83. The van der Waals surface area contributed by atoms with Crippen LogP contribution in [0.1, 0.15) is 26.2 Å². The van der Waals surface area contributed by atoms with Gasteiger partial charge in [-0.15, -0.1) is 0 Å². The molecule has 4 rings (SSSR count). The van der Waals surface area contributed by atoms with Gasteiger partial charge >= 0.3 is 6.03 Å². The summed E-state index contributed by atoms with van der Waals surface area (Å²) in [5.41, 5.74) is -1.12. The number of hydrogen-bond donors (Lipinski definition) is 2. The molecule has 31 heavy (non-hydrogen) atoms. The van der Waals surface area contributed by atoms with Gasteiger partial charge < -0.3 is 10.1 Å². The Kier molecular flexibility index (Phi) is 5.03. The van der Waals surface area contributed by atoms with Crippen LogP contribution in [0.4, 0.5) is 25.2 Å². The number of aromatic nitrogens is 2. The van der Waals surface area contributed by atoms with Crippen molar-refractivity contribution in [3.8, 4) is 11.5 Å². The van der Waals surface area contributed by atoms with Crippen molar-refractivity contribution in [2.24, 2.45) is 5.41 Å². The van der Waals surface area contributed by atoms with Gasteiger partial charge in [-0.25, -0.2) is 23.5 Å². The Hall–Kier alpha value is -3.63. The Morgan fingerprint density at radius 2 is 1.87 bits per heavy atom. The lowest BCUT2D eigenvalue weighted by Gasteiger charge is -2.42. The first-order valence-electron chi connectivity index (χ1n) is 9.54. The molecule has 11 heteroatoms. The number of carbonyl (C=O) groups is 3. The monoisotopic (exact) mass is 431 g/mol. The molecule has 162 valence electrons. The number of nitrogens with one attached hydrogen (secondary N) is 2. The van der Waals surface area contributed by atoms with Crippen LogP contribution in [-0.2, 0) is 9.59 Å². The summed E-state index contributed by atoms with van der Waals surface area (Å²) in [7, 11) is 0. The van der Waals surface area contributed by atoms with E-state index in [0.29, 0.717) is 17.3 Å². The molecule has 2 aliphatic rings. The van der Waals surface area contributed by atoms with Crippen LogP contribution in [0.2, 0.25) is 0 Å². The van der Waals surface area contributed by atoms with E-state index in [9.17, 15) is 23.2 Å². The van der Waals surface area contributed by atoms with Crippen LogP contribution in [0.3, 0.4) is 0 Å². The summed E-state index contributed by atoms with van der Waals surface area (Å²) in [5, 5.41) is 5.04. The third kappa shape index (κ3) is 4.30. The predicted octanol–water partition coefficient (Wildman–Crippen LogP) is 3.41. The van der Waals surface area contributed by atoms with E-state index in [2.05, 4.69) is 20.6 Å². The first-order chi connectivity index (χ1) is 14.7. The first kappa shape index (κ1) is 20.6. The van der Waals surface area contributed by atoms with Gasteiger partial charge in [0.1, 0.15) is 23.1 Å². The molecule has 1 saturated heterocycles. The summed E-state index contributed by atoms with van der Waals surface area (Å²) in [5.74, 6) is -2.37. The Morgan fingerprint density at radius 3 is 2.52 bits per heavy atom. The van der Waals surface area contributed by atoms with Crippen LogP contribution < -0.4 is 15.4 Å². The Morgan fingerprint density at radius 1 is 1.10 bits per heavy atom. The van der Waals surface area contributed by atoms with Gasteiger partial charge in [-0.3, -0.25) is 19.8 Å². The molecular formula is C20H19F2N5O4. The molecule has 0 bridgehead atoms. The number of likely N-dealkylation sites (tertiary alicyclic amines) is 1. The fraction of sp³-hybridized carbons (Fsp3) is 0.350. The SMILES string of the molecule is CC(=O)Nc1cc(Oc2ccc(NC(=O)N3CCC4(CC(F)(F)C4)C3=O)nc2)ccn1. The van der Waals surface area contributed by atoms with Crippen molar-refractivity contribution in [2.75, 3.05) is 17.2 Å². The van der Waals surface area contributed by atoms with Crippen LogP contribution in [0.25, 0.3) is 0 Å². The van der Waals surface area contributed by atoms with Gasteiger partial charge in [0, 0.05) is 38.6 Å². The number of rotatable bonds is 4. The molecule has 1 spiro atoms. The minimum absolute atomic E-state index is 0.0978. The van der Waals surface area contributed by atoms with Crippen LogP contribution >= 0.6 is 0 Å². The van der Waals surface area contributed by atoms with Crippen molar-refractivity contribution < 1.29 is 27.9 Å². The second-order valence-corrected chi connectivity index (χ2v) is 7.67. The Bertz CT molecular complexity index is 1040. The standard InChI is InChI=1S/C20H19F2N5O4/c1-12(28)25-16-8-13(4-6-23-16)31-14-2-3-15(24-9-14)26-18(30)27-7-5-19(17(27)29)10-20(21,22)11-19/h2-4,6,8-9H,5,7,10-11H2,1H3,(H,23,25,28)(H,24,26,30). The third-order valence-electron chi connectivity index (χ3n) is 5.19. The highest BCUT2D eigenvalue weighted by Crippen LogP contribution is 2.57. The van der Waals surface area contributed by atoms with E-state index in [-0.39, 0.29) is 24.7 Å². The fourth-order valence-corrected chi connectivity index (χ4v) is 3.83. The summed E-state index contributed by atoms with van der Waals surface area (Å²) < 4.78 is 32.1. The maximum absolute atomic E-state index is 13.2. The summed E-state index contributed by atoms with van der Waals surface area (Å²) in [6.45, 7) is 1.46. The maximum atomic E-state index is 13.2. The number of nitrogens with zero attached hydrogens (tertiary/aromatic N) is 3. The molecule has 0 atom stereocenters. The quantitative estimate of drug-likeness (QED) is 0.767. The Labute approximate surface area is 175 Å². The molecule has 0 radical (unpaired) electrons. The molecule has 2 aromatic rings. The van der Waals surface area contributed by atoms with E-state index in [0.717, 1.165) is 4.90 Å². The number of imide groups is 1. The average Bonchev–Trinajstić information content (AvgIpc) is 2.99. The van der Waals surface area contributed by atoms with Crippen molar-refractivity contribution in [3.05, 3.63) is 36.7 Å². The predicted molar refractivity (Wildman–Crippen MR) is 105 cm³/mol. The number of hydrogen-bond acceptors (Lipinski definition) is 6. The van der Waals surface area contributed by atoms with E-state index < -0.39 is 36.1 Å². The van der Waals surface area contributed by atoms with Crippen molar-refractivity contribution in [2.45, 2.75) is 32.1 Å². The zero-order valence-corrected chi connectivity index (χ0v) is 16.5. The minimum atomic E-state index is -2.84. The van der Waals surface area contributed by atoms with Gasteiger partial charge in [-0.1, -0.05) is 0 Å². The molecular weight excluding hydrogens is 412 g/mol. The number of halogens is 2. The number of pyridine rings is 2. The Balaban J connectivity index is 1.35. The van der Waals surface area contributed by atoms with Gasteiger partial charge in [0.25, 0.3) is 0 Å². The van der Waals surface area contributed by atoms with Crippen LogP contribution in [0.5, 0.6) is 11.5 Å². The summed E-state index contributed by atoms with van der Waals surface area (Å²) >= 11 is 0.